The summed E-state index contributed by atoms with van der Waals surface area (Å²) in [6.07, 6.45) is 0. The normalized spacial score (nSPS) is 13.8. The third kappa shape index (κ3) is 4.28. The fourth-order valence-corrected chi connectivity index (χ4v) is 3.59. The van der Waals surface area contributed by atoms with E-state index in [0.29, 0.717) is 29.3 Å². The Balaban J connectivity index is 1.74. The molecule has 1 heterocycles. The van der Waals surface area contributed by atoms with Crippen molar-refractivity contribution in [3.63, 3.8) is 0 Å². The van der Waals surface area contributed by atoms with Crippen molar-refractivity contribution in [1.82, 2.24) is 0 Å². The van der Waals surface area contributed by atoms with Gasteiger partial charge in [-0.2, -0.15) is 0 Å². The molecule has 0 spiro atoms. The van der Waals surface area contributed by atoms with Crippen molar-refractivity contribution >= 4 is 28.8 Å². The van der Waals surface area contributed by atoms with E-state index in [1.165, 1.54) is 4.90 Å². The van der Waals surface area contributed by atoms with Gasteiger partial charge in [0.25, 0.3) is 11.8 Å². The molecule has 1 N–H and O–H groups in total. The number of benzene rings is 3. The number of anilines is 2. The monoisotopic (exact) mass is 426 g/mol. The summed E-state index contributed by atoms with van der Waals surface area (Å²) < 4.78 is 5.77. The second-order valence-electron chi connectivity index (χ2n) is 8.20. The number of hydrogen-bond acceptors (Lipinski definition) is 4. The number of rotatable bonds is 7. The van der Waals surface area contributed by atoms with Crippen molar-refractivity contribution in [3.05, 3.63) is 95.7 Å². The number of carbonyl (C=O) groups excluding carboxylic acids is 2. The Morgan fingerprint density at radius 2 is 1.50 bits per heavy atom. The van der Waals surface area contributed by atoms with E-state index in [9.17, 15) is 9.59 Å². The van der Waals surface area contributed by atoms with E-state index in [2.05, 4.69) is 19.2 Å². The minimum atomic E-state index is -0.372. The SMILES string of the molecule is Cc1ccccc1N1C(=O)C(Nc2ccccc2)=C(c2ccc(OCC(C)C)cc2)C1=O. The summed E-state index contributed by atoms with van der Waals surface area (Å²) in [6.45, 7) is 6.67. The number of ether oxygens (including phenoxy) is 1. The average molecular weight is 427 g/mol. The first-order valence-electron chi connectivity index (χ1n) is 10.7. The molecule has 0 aliphatic carbocycles. The van der Waals surface area contributed by atoms with Crippen LogP contribution in [0.2, 0.25) is 0 Å². The lowest BCUT2D eigenvalue weighted by Gasteiger charge is -2.17. The molecule has 0 atom stereocenters. The van der Waals surface area contributed by atoms with Crippen molar-refractivity contribution in [1.29, 1.82) is 0 Å². The van der Waals surface area contributed by atoms with Gasteiger partial charge in [-0.15, -0.1) is 0 Å². The summed E-state index contributed by atoms with van der Waals surface area (Å²) >= 11 is 0. The Morgan fingerprint density at radius 3 is 2.16 bits per heavy atom. The quantitative estimate of drug-likeness (QED) is 0.512. The summed E-state index contributed by atoms with van der Waals surface area (Å²) in [7, 11) is 0. The van der Waals surface area contributed by atoms with Gasteiger partial charge in [-0.3, -0.25) is 9.59 Å². The first-order chi connectivity index (χ1) is 15.5. The Morgan fingerprint density at radius 1 is 0.844 bits per heavy atom. The van der Waals surface area contributed by atoms with Gasteiger partial charge in [0, 0.05) is 5.69 Å². The summed E-state index contributed by atoms with van der Waals surface area (Å²) in [5, 5.41) is 3.18. The van der Waals surface area contributed by atoms with Crippen LogP contribution >= 0.6 is 0 Å². The maximum Gasteiger partial charge on any atom is 0.282 e. The van der Waals surface area contributed by atoms with Crippen LogP contribution in [0.4, 0.5) is 11.4 Å². The topological polar surface area (TPSA) is 58.6 Å². The smallest absolute Gasteiger partial charge is 0.282 e. The highest BCUT2D eigenvalue weighted by molar-refractivity contribution is 6.46. The lowest BCUT2D eigenvalue weighted by molar-refractivity contribution is -0.120. The zero-order valence-corrected chi connectivity index (χ0v) is 18.5. The second-order valence-corrected chi connectivity index (χ2v) is 8.20. The molecule has 5 nitrogen and oxygen atoms in total. The molecule has 2 amide bonds. The number of para-hydroxylation sites is 2. The van der Waals surface area contributed by atoms with E-state index in [-0.39, 0.29) is 17.5 Å². The second kappa shape index (κ2) is 9.10. The van der Waals surface area contributed by atoms with Crippen LogP contribution in [0.15, 0.2) is 84.6 Å². The molecule has 0 radical (unpaired) electrons. The Hall–Kier alpha value is -3.86. The molecule has 3 aromatic carbocycles. The van der Waals surface area contributed by atoms with Gasteiger partial charge in [0.05, 0.1) is 17.9 Å². The highest BCUT2D eigenvalue weighted by Crippen LogP contribution is 2.35. The van der Waals surface area contributed by atoms with Gasteiger partial charge in [0.2, 0.25) is 0 Å². The molecular weight excluding hydrogens is 400 g/mol. The first-order valence-corrected chi connectivity index (χ1v) is 10.7. The molecular formula is C27H26N2O3. The van der Waals surface area contributed by atoms with E-state index in [4.69, 9.17) is 4.74 Å². The molecule has 5 heteroatoms. The van der Waals surface area contributed by atoms with Crippen LogP contribution in [0.1, 0.15) is 25.0 Å². The van der Waals surface area contributed by atoms with Gasteiger partial charge in [-0.25, -0.2) is 4.90 Å². The lowest BCUT2D eigenvalue weighted by Crippen LogP contribution is -2.33. The summed E-state index contributed by atoms with van der Waals surface area (Å²) in [4.78, 5) is 28.3. The lowest BCUT2D eigenvalue weighted by atomic mass is 10.0. The van der Waals surface area contributed by atoms with Crippen LogP contribution in [0.5, 0.6) is 5.75 Å². The summed E-state index contributed by atoms with van der Waals surface area (Å²) in [5.41, 5.74) is 3.45. The molecule has 0 saturated heterocycles. The third-order valence-corrected chi connectivity index (χ3v) is 5.21. The van der Waals surface area contributed by atoms with E-state index >= 15 is 0 Å². The predicted molar refractivity (Wildman–Crippen MR) is 127 cm³/mol. The van der Waals surface area contributed by atoms with E-state index < -0.39 is 0 Å². The molecule has 162 valence electrons. The molecule has 0 unspecified atom stereocenters. The summed E-state index contributed by atoms with van der Waals surface area (Å²) in [5.74, 6) is 0.422. The van der Waals surface area contributed by atoms with Gasteiger partial charge in [0.15, 0.2) is 0 Å². The van der Waals surface area contributed by atoms with E-state index in [0.717, 1.165) is 17.0 Å². The molecule has 3 aromatic rings. The van der Waals surface area contributed by atoms with Gasteiger partial charge in [0.1, 0.15) is 11.4 Å². The highest BCUT2D eigenvalue weighted by atomic mass is 16.5. The van der Waals surface area contributed by atoms with Crippen LogP contribution < -0.4 is 15.0 Å². The minimum absolute atomic E-state index is 0.264. The number of carbonyl (C=O) groups is 2. The molecule has 0 fully saturated rings. The molecule has 0 saturated carbocycles. The fraction of sp³-hybridized carbons (Fsp3) is 0.185. The van der Waals surface area contributed by atoms with E-state index in [1.807, 2.05) is 79.7 Å². The maximum atomic E-state index is 13.5. The third-order valence-electron chi connectivity index (χ3n) is 5.21. The standard InChI is InChI=1S/C27H26N2O3/c1-18(2)17-32-22-15-13-20(14-16-22)24-25(28-21-10-5-4-6-11-21)27(31)29(26(24)30)23-12-8-7-9-19(23)3/h4-16,18,28H,17H2,1-3H3. The van der Waals surface area contributed by atoms with Gasteiger partial charge >= 0.3 is 0 Å². The van der Waals surface area contributed by atoms with Crippen LogP contribution in [-0.2, 0) is 9.59 Å². The number of hydrogen-bond donors (Lipinski definition) is 1. The van der Waals surface area contributed by atoms with E-state index in [1.54, 1.807) is 6.07 Å². The van der Waals surface area contributed by atoms with Crippen molar-refractivity contribution in [2.45, 2.75) is 20.8 Å². The maximum absolute atomic E-state index is 13.5. The molecule has 0 bridgehead atoms. The summed E-state index contributed by atoms with van der Waals surface area (Å²) in [6, 6.07) is 24.1. The number of imide groups is 1. The van der Waals surface area contributed by atoms with Gasteiger partial charge in [-0.1, -0.05) is 62.4 Å². The largest absolute Gasteiger partial charge is 0.493 e. The zero-order chi connectivity index (χ0) is 22.7. The van der Waals surface area contributed by atoms with Gasteiger partial charge < -0.3 is 10.1 Å². The van der Waals surface area contributed by atoms with Crippen molar-refractivity contribution in [3.8, 4) is 5.75 Å². The molecule has 0 aromatic heterocycles. The Labute approximate surface area is 188 Å². The number of aryl methyl sites for hydroxylation is 1. The number of nitrogens with one attached hydrogen (secondary N) is 1. The van der Waals surface area contributed by atoms with Crippen molar-refractivity contribution < 1.29 is 14.3 Å². The Kier molecular flexibility index (Phi) is 6.08. The molecule has 1 aliphatic heterocycles. The van der Waals surface area contributed by atoms with Crippen LogP contribution in [0, 0.1) is 12.8 Å². The van der Waals surface area contributed by atoms with Gasteiger partial charge in [-0.05, 0) is 54.3 Å². The molecule has 1 aliphatic rings. The predicted octanol–water partition coefficient (Wildman–Crippen LogP) is 5.43. The fourth-order valence-electron chi connectivity index (χ4n) is 3.59. The zero-order valence-electron chi connectivity index (χ0n) is 18.5. The van der Waals surface area contributed by atoms with Crippen molar-refractivity contribution in [2.75, 3.05) is 16.8 Å². The average Bonchev–Trinajstić information content (AvgIpc) is 3.03. The van der Waals surface area contributed by atoms with Crippen LogP contribution in [0.3, 0.4) is 0 Å². The highest BCUT2D eigenvalue weighted by Gasteiger charge is 2.40. The molecule has 32 heavy (non-hydrogen) atoms. The van der Waals surface area contributed by atoms with Crippen LogP contribution in [-0.4, -0.2) is 18.4 Å². The Bertz CT molecular complexity index is 1170. The number of amides is 2. The minimum Gasteiger partial charge on any atom is -0.493 e. The molecule has 4 rings (SSSR count). The van der Waals surface area contributed by atoms with Crippen molar-refractivity contribution in [2.24, 2.45) is 5.92 Å². The first kappa shape index (κ1) is 21.4. The number of nitrogens with zero attached hydrogens (tertiary/aromatic N) is 1. The van der Waals surface area contributed by atoms with Crippen LogP contribution in [0.25, 0.3) is 5.57 Å².